The summed E-state index contributed by atoms with van der Waals surface area (Å²) in [6.45, 7) is 0. The van der Waals surface area contributed by atoms with Crippen LogP contribution in [0.3, 0.4) is 0 Å². The molecule has 3 N–H and O–H groups in total. The minimum absolute atomic E-state index is 0.0508. The molecule has 0 bridgehead atoms. The number of alkyl halides is 3. The molecule has 0 aliphatic rings. The lowest BCUT2D eigenvalue weighted by Crippen LogP contribution is -2.21. The van der Waals surface area contributed by atoms with Gasteiger partial charge in [-0.15, -0.1) is 0 Å². The Kier molecular flexibility index (Phi) is 6.09. The van der Waals surface area contributed by atoms with Gasteiger partial charge >= 0.3 is 6.18 Å². The quantitative estimate of drug-likeness (QED) is 0.434. The number of benzene rings is 2. The Bertz CT molecular complexity index is 1020. The van der Waals surface area contributed by atoms with Gasteiger partial charge in [-0.1, -0.05) is 17.7 Å². The van der Waals surface area contributed by atoms with Crippen LogP contribution in [-0.4, -0.2) is 11.0 Å². The van der Waals surface area contributed by atoms with Crippen LogP contribution in [-0.2, 0) is 6.18 Å². The van der Waals surface area contributed by atoms with Crippen molar-refractivity contribution in [2.24, 2.45) is 0 Å². The molecule has 29 heavy (non-hydrogen) atoms. The van der Waals surface area contributed by atoms with Crippen molar-refractivity contribution in [2.45, 2.75) is 6.18 Å². The fraction of sp³-hybridized carbons (Fsp3) is 0.0526. The predicted molar refractivity (Wildman–Crippen MR) is 109 cm³/mol. The van der Waals surface area contributed by atoms with Gasteiger partial charge < -0.3 is 20.4 Å². The molecule has 5 nitrogen and oxygen atoms in total. The van der Waals surface area contributed by atoms with E-state index in [9.17, 15) is 18.0 Å². The van der Waals surface area contributed by atoms with Crippen LogP contribution in [0.5, 0.6) is 0 Å². The van der Waals surface area contributed by atoms with Gasteiger partial charge in [0, 0.05) is 11.4 Å². The molecule has 0 aliphatic heterocycles. The van der Waals surface area contributed by atoms with Crippen molar-refractivity contribution >= 4 is 51.9 Å². The van der Waals surface area contributed by atoms with Crippen LogP contribution in [0.15, 0.2) is 65.3 Å². The molecule has 10 heteroatoms. The van der Waals surface area contributed by atoms with Crippen molar-refractivity contribution < 1.29 is 22.4 Å². The average Bonchev–Trinajstić information content (AvgIpc) is 3.17. The van der Waals surface area contributed by atoms with E-state index in [1.165, 1.54) is 24.5 Å². The molecule has 0 fully saturated rings. The first-order chi connectivity index (χ1) is 13.7. The second kappa shape index (κ2) is 8.54. The maximum absolute atomic E-state index is 13.2. The minimum atomic E-state index is -4.63. The molecule has 0 aliphatic carbocycles. The van der Waals surface area contributed by atoms with Crippen molar-refractivity contribution in [1.29, 1.82) is 0 Å². The Balaban J connectivity index is 1.65. The molecule has 3 rings (SSSR count). The van der Waals surface area contributed by atoms with Gasteiger partial charge in [0.1, 0.15) is 0 Å². The predicted octanol–water partition coefficient (Wildman–Crippen LogP) is 6.01. The summed E-state index contributed by atoms with van der Waals surface area (Å²) < 4.78 is 44.6. The summed E-state index contributed by atoms with van der Waals surface area (Å²) in [6.07, 6.45) is -3.25. The molecule has 1 heterocycles. The average molecular weight is 440 g/mol. The molecule has 1 aromatic heterocycles. The Morgan fingerprint density at radius 3 is 2.17 bits per heavy atom. The molecule has 0 saturated carbocycles. The maximum Gasteiger partial charge on any atom is 0.419 e. The van der Waals surface area contributed by atoms with Gasteiger partial charge in [-0.2, -0.15) is 13.2 Å². The van der Waals surface area contributed by atoms with E-state index in [1.807, 2.05) is 0 Å². The van der Waals surface area contributed by atoms with Gasteiger partial charge in [-0.3, -0.25) is 4.79 Å². The van der Waals surface area contributed by atoms with E-state index < -0.39 is 22.7 Å². The zero-order chi connectivity index (χ0) is 21.0. The molecular formula is C19H13ClF3N3O2S. The SMILES string of the molecule is O=C(Nc1ccc(NC(=S)Nc2cccc(Cl)c2C(F)(F)F)cc1)c1ccco1. The number of thiocarbonyl (C=S) groups is 1. The highest BCUT2D eigenvalue weighted by molar-refractivity contribution is 7.80. The topological polar surface area (TPSA) is 66.3 Å². The zero-order valence-electron chi connectivity index (χ0n) is 14.5. The molecular weight excluding hydrogens is 427 g/mol. The van der Waals surface area contributed by atoms with Crippen molar-refractivity contribution in [3.63, 3.8) is 0 Å². The van der Waals surface area contributed by atoms with E-state index in [2.05, 4.69) is 16.0 Å². The third-order valence-corrected chi connectivity index (χ3v) is 4.21. The Hall–Kier alpha value is -3.04. The highest BCUT2D eigenvalue weighted by atomic mass is 35.5. The summed E-state index contributed by atoms with van der Waals surface area (Å²) in [4.78, 5) is 11.9. The summed E-state index contributed by atoms with van der Waals surface area (Å²) in [5.74, 6) is -0.242. The van der Waals surface area contributed by atoms with Crippen molar-refractivity contribution in [3.8, 4) is 0 Å². The summed E-state index contributed by atoms with van der Waals surface area (Å²) in [7, 11) is 0. The van der Waals surface area contributed by atoms with Crippen LogP contribution in [0, 0.1) is 0 Å². The first-order valence-electron chi connectivity index (χ1n) is 8.12. The highest BCUT2D eigenvalue weighted by Crippen LogP contribution is 2.39. The summed E-state index contributed by atoms with van der Waals surface area (Å²) in [5, 5.41) is 7.45. The van der Waals surface area contributed by atoms with Crippen LogP contribution in [0.1, 0.15) is 16.1 Å². The van der Waals surface area contributed by atoms with Crippen molar-refractivity contribution in [1.82, 2.24) is 0 Å². The largest absolute Gasteiger partial charge is 0.459 e. The molecule has 0 radical (unpaired) electrons. The van der Waals surface area contributed by atoms with E-state index >= 15 is 0 Å². The van der Waals surface area contributed by atoms with E-state index in [1.54, 1.807) is 30.3 Å². The third-order valence-electron chi connectivity index (χ3n) is 3.69. The number of carbonyl (C=O) groups is 1. The van der Waals surface area contributed by atoms with Crippen molar-refractivity contribution in [2.75, 3.05) is 16.0 Å². The molecule has 0 atom stereocenters. The first kappa shape index (κ1) is 20.7. The molecule has 0 spiro atoms. The number of anilines is 3. The lowest BCUT2D eigenvalue weighted by molar-refractivity contribution is -0.136. The van der Waals surface area contributed by atoms with E-state index in [-0.39, 0.29) is 16.6 Å². The van der Waals surface area contributed by atoms with Crippen LogP contribution < -0.4 is 16.0 Å². The van der Waals surface area contributed by atoms with E-state index in [0.717, 1.165) is 6.07 Å². The third kappa shape index (κ3) is 5.27. The molecule has 0 saturated heterocycles. The van der Waals surface area contributed by atoms with Crippen LogP contribution >= 0.6 is 23.8 Å². The fourth-order valence-electron chi connectivity index (χ4n) is 2.44. The number of halogens is 4. The highest BCUT2D eigenvalue weighted by Gasteiger charge is 2.36. The Morgan fingerprint density at radius 1 is 0.931 bits per heavy atom. The van der Waals surface area contributed by atoms with Gasteiger partial charge in [0.25, 0.3) is 5.91 Å². The lowest BCUT2D eigenvalue weighted by Gasteiger charge is -2.17. The Labute approximate surface area is 173 Å². The van der Waals surface area contributed by atoms with Gasteiger partial charge in [-0.25, -0.2) is 0 Å². The smallest absolute Gasteiger partial charge is 0.419 e. The monoisotopic (exact) mass is 439 g/mol. The second-order valence-electron chi connectivity index (χ2n) is 5.75. The maximum atomic E-state index is 13.2. The van der Waals surface area contributed by atoms with Gasteiger partial charge in [-0.05, 0) is 60.7 Å². The van der Waals surface area contributed by atoms with Gasteiger partial charge in [0.2, 0.25) is 0 Å². The fourth-order valence-corrected chi connectivity index (χ4v) is 2.95. The van der Waals surface area contributed by atoms with Crippen LogP contribution in [0.2, 0.25) is 5.02 Å². The summed E-state index contributed by atoms with van der Waals surface area (Å²) >= 11 is 10.8. The standard InChI is InChI=1S/C19H13ClF3N3O2S/c20-13-3-1-4-14(16(13)19(21,22)23)26-18(29)25-12-8-6-11(7-9-12)24-17(27)15-5-2-10-28-15/h1-10H,(H,24,27)(H2,25,26,29). The molecule has 150 valence electrons. The normalized spacial score (nSPS) is 11.0. The molecule has 2 aromatic carbocycles. The summed E-state index contributed by atoms with van der Waals surface area (Å²) in [6, 6.07) is 13.3. The van der Waals surface area contributed by atoms with Gasteiger partial charge in [0.05, 0.1) is 22.5 Å². The molecule has 0 unspecified atom stereocenters. The number of carbonyl (C=O) groups excluding carboxylic acids is 1. The number of hydrogen-bond acceptors (Lipinski definition) is 3. The number of amides is 1. The van der Waals surface area contributed by atoms with Crippen LogP contribution in [0.4, 0.5) is 30.2 Å². The number of furan rings is 1. The minimum Gasteiger partial charge on any atom is -0.459 e. The summed E-state index contributed by atoms with van der Waals surface area (Å²) in [5.41, 5.74) is -0.245. The van der Waals surface area contributed by atoms with Crippen molar-refractivity contribution in [3.05, 3.63) is 77.2 Å². The zero-order valence-corrected chi connectivity index (χ0v) is 16.1. The van der Waals surface area contributed by atoms with E-state index in [4.69, 9.17) is 28.2 Å². The number of hydrogen-bond donors (Lipinski definition) is 3. The number of nitrogens with one attached hydrogen (secondary N) is 3. The lowest BCUT2D eigenvalue weighted by atomic mass is 10.1. The molecule has 1 amide bonds. The van der Waals surface area contributed by atoms with Crippen LogP contribution in [0.25, 0.3) is 0 Å². The van der Waals surface area contributed by atoms with E-state index in [0.29, 0.717) is 11.4 Å². The van der Waals surface area contributed by atoms with Gasteiger partial charge in [0.15, 0.2) is 10.9 Å². The second-order valence-corrected chi connectivity index (χ2v) is 6.56. The Morgan fingerprint density at radius 2 is 1.59 bits per heavy atom. The first-order valence-corrected chi connectivity index (χ1v) is 8.91. The number of rotatable bonds is 4. The molecule has 3 aromatic rings.